The molecule has 0 aliphatic heterocycles. The largest absolute Gasteiger partial charge is 0.478 e. The molecule has 0 bridgehead atoms. The fourth-order valence-electron chi connectivity index (χ4n) is 3.87. The van der Waals surface area contributed by atoms with Crippen molar-refractivity contribution in [3.05, 3.63) is 88.5 Å². The van der Waals surface area contributed by atoms with Crippen LogP contribution in [0.25, 0.3) is 0 Å². The number of aryl methyl sites for hydroxylation is 1. The van der Waals surface area contributed by atoms with Gasteiger partial charge in [-0.3, -0.25) is 4.79 Å². The van der Waals surface area contributed by atoms with Crippen LogP contribution in [0.4, 0.5) is 13.2 Å². The van der Waals surface area contributed by atoms with Crippen molar-refractivity contribution in [2.24, 2.45) is 0 Å². The molecule has 186 valence electrons. The zero-order valence-electron chi connectivity index (χ0n) is 20.2. The third-order valence-electron chi connectivity index (χ3n) is 6.34. The second kappa shape index (κ2) is 9.72. The van der Waals surface area contributed by atoms with Gasteiger partial charge in [0.1, 0.15) is 5.75 Å². The average molecular weight is 487 g/mol. The van der Waals surface area contributed by atoms with Gasteiger partial charge in [0.2, 0.25) is 0 Å². The van der Waals surface area contributed by atoms with Crippen LogP contribution in [0.3, 0.4) is 0 Å². The third kappa shape index (κ3) is 6.21. The summed E-state index contributed by atoms with van der Waals surface area (Å²) < 4.78 is 44.1. The molecular formula is C28H29F3O4. The summed E-state index contributed by atoms with van der Waals surface area (Å²) in [6.07, 6.45) is 3.06. The Bertz CT molecular complexity index is 1170. The van der Waals surface area contributed by atoms with Gasteiger partial charge in [-0.25, -0.2) is 4.79 Å². The molecule has 0 saturated carbocycles. The van der Waals surface area contributed by atoms with E-state index >= 15 is 0 Å². The van der Waals surface area contributed by atoms with Gasteiger partial charge >= 0.3 is 12.1 Å². The third-order valence-corrected chi connectivity index (χ3v) is 6.34. The number of carboxylic acids is 1. The van der Waals surface area contributed by atoms with Crippen molar-refractivity contribution in [1.82, 2.24) is 0 Å². The Balaban J connectivity index is 1.60. The SMILES string of the molecule is Cc1cc(C(=O)CCC2=CCC(C)(c3ccc(C(F)(F)F)cc3)C=C2)ccc1OC(C)(C)C(=O)O. The number of aliphatic carboxylic acids is 1. The Morgan fingerprint density at radius 1 is 1.09 bits per heavy atom. The van der Waals surface area contributed by atoms with Crippen molar-refractivity contribution < 1.29 is 32.6 Å². The molecule has 1 aliphatic rings. The van der Waals surface area contributed by atoms with E-state index in [1.165, 1.54) is 26.0 Å². The lowest BCUT2D eigenvalue weighted by Gasteiger charge is -2.29. The predicted octanol–water partition coefficient (Wildman–Crippen LogP) is 7.06. The summed E-state index contributed by atoms with van der Waals surface area (Å²) in [5, 5.41) is 9.24. The van der Waals surface area contributed by atoms with Crippen LogP contribution in [0.2, 0.25) is 0 Å². The van der Waals surface area contributed by atoms with Gasteiger partial charge < -0.3 is 9.84 Å². The first-order valence-electron chi connectivity index (χ1n) is 11.3. The van der Waals surface area contributed by atoms with Crippen molar-refractivity contribution in [2.75, 3.05) is 0 Å². The van der Waals surface area contributed by atoms with E-state index in [4.69, 9.17) is 4.74 Å². The summed E-state index contributed by atoms with van der Waals surface area (Å²) in [5.74, 6) is -0.711. The Morgan fingerprint density at radius 2 is 1.74 bits per heavy atom. The van der Waals surface area contributed by atoms with Crippen LogP contribution in [0.5, 0.6) is 5.75 Å². The summed E-state index contributed by atoms with van der Waals surface area (Å²) in [4.78, 5) is 24.0. The zero-order chi connectivity index (χ0) is 26.0. The van der Waals surface area contributed by atoms with E-state index in [2.05, 4.69) is 0 Å². The fraction of sp³-hybridized carbons (Fsp3) is 0.357. The molecule has 35 heavy (non-hydrogen) atoms. The van der Waals surface area contributed by atoms with Gasteiger partial charge in [0.25, 0.3) is 0 Å². The Hall–Kier alpha value is -3.35. The van der Waals surface area contributed by atoms with E-state index in [0.717, 1.165) is 23.3 Å². The number of carbonyl (C=O) groups excluding carboxylic acids is 1. The topological polar surface area (TPSA) is 63.6 Å². The number of hydrogen-bond donors (Lipinski definition) is 1. The van der Waals surface area contributed by atoms with Gasteiger partial charge in [0.05, 0.1) is 5.56 Å². The van der Waals surface area contributed by atoms with E-state index in [1.54, 1.807) is 25.1 Å². The highest BCUT2D eigenvalue weighted by atomic mass is 19.4. The standard InChI is InChI=1S/C28H29F3O4/c1-18-17-20(6-12-24(18)35-26(2,3)25(33)34)23(32)11-5-19-13-15-27(4,16-14-19)21-7-9-22(10-8-21)28(29,30)31/h6-10,12-15,17H,5,11,16H2,1-4H3,(H,33,34). The van der Waals surface area contributed by atoms with Crippen molar-refractivity contribution in [3.63, 3.8) is 0 Å². The normalized spacial score (nSPS) is 18.2. The van der Waals surface area contributed by atoms with Gasteiger partial charge in [-0.05, 0) is 75.1 Å². The van der Waals surface area contributed by atoms with Crippen LogP contribution in [-0.2, 0) is 16.4 Å². The number of benzene rings is 2. The average Bonchev–Trinajstić information content (AvgIpc) is 2.79. The van der Waals surface area contributed by atoms with Gasteiger partial charge in [-0.2, -0.15) is 13.2 Å². The molecule has 3 rings (SSSR count). The van der Waals surface area contributed by atoms with Gasteiger partial charge in [0.15, 0.2) is 11.4 Å². The van der Waals surface area contributed by atoms with Crippen LogP contribution in [0.15, 0.2) is 66.3 Å². The van der Waals surface area contributed by atoms with Crippen LogP contribution >= 0.6 is 0 Å². The Morgan fingerprint density at radius 3 is 2.26 bits per heavy atom. The van der Waals surface area contributed by atoms with Gasteiger partial charge in [0, 0.05) is 17.4 Å². The summed E-state index contributed by atoms with van der Waals surface area (Å²) >= 11 is 0. The number of ether oxygens (including phenoxy) is 1. The molecule has 1 aliphatic carbocycles. The maximum absolute atomic E-state index is 12.8. The minimum atomic E-state index is -4.36. The van der Waals surface area contributed by atoms with Crippen LogP contribution in [0.1, 0.15) is 67.1 Å². The van der Waals surface area contributed by atoms with Gasteiger partial charge in [-0.15, -0.1) is 0 Å². The number of ketones is 1. The molecule has 1 unspecified atom stereocenters. The highest BCUT2D eigenvalue weighted by Gasteiger charge is 2.32. The first-order chi connectivity index (χ1) is 16.2. The van der Waals surface area contributed by atoms with E-state index in [9.17, 15) is 27.9 Å². The van der Waals surface area contributed by atoms with E-state index in [0.29, 0.717) is 36.1 Å². The zero-order valence-corrected chi connectivity index (χ0v) is 20.2. The number of carbonyl (C=O) groups is 2. The van der Waals surface area contributed by atoms with E-state index in [1.807, 2.05) is 25.2 Å². The molecule has 4 nitrogen and oxygen atoms in total. The molecule has 2 aromatic carbocycles. The molecule has 0 radical (unpaired) electrons. The number of hydrogen-bond acceptors (Lipinski definition) is 3. The number of Topliss-reactive ketones (excluding diaryl/α,β-unsaturated/α-hetero) is 1. The smallest absolute Gasteiger partial charge is 0.416 e. The Kier molecular flexibility index (Phi) is 7.29. The molecule has 0 saturated heterocycles. The van der Waals surface area contributed by atoms with Crippen LogP contribution < -0.4 is 4.74 Å². The van der Waals surface area contributed by atoms with E-state index < -0.39 is 28.7 Å². The molecule has 7 heteroatoms. The number of halogens is 3. The van der Waals surface area contributed by atoms with Crippen molar-refractivity contribution in [2.45, 2.75) is 64.1 Å². The van der Waals surface area contributed by atoms with Gasteiger partial charge in [-0.1, -0.05) is 42.9 Å². The molecule has 0 heterocycles. The van der Waals surface area contributed by atoms with Crippen LogP contribution in [-0.4, -0.2) is 22.5 Å². The van der Waals surface area contributed by atoms with Crippen LogP contribution in [0, 0.1) is 6.92 Å². The van der Waals surface area contributed by atoms with Crippen molar-refractivity contribution >= 4 is 11.8 Å². The highest BCUT2D eigenvalue weighted by Crippen LogP contribution is 2.37. The fourth-order valence-corrected chi connectivity index (χ4v) is 3.87. The summed E-state index contributed by atoms with van der Waals surface area (Å²) in [7, 11) is 0. The monoisotopic (exact) mass is 486 g/mol. The van der Waals surface area contributed by atoms with Crippen molar-refractivity contribution in [1.29, 1.82) is 0 Å². The molecule has 0 amide bonds. The molecule has 2 aromatic rings. The first-order valence-corrected chi connectivity index (χ1v) is 11.3. The number of alkyl halides is 3. The minimum Gasteiger partial charge on any atom is -0.478 e. The highest BCUT2D eigenvalue weighted by molar-refractivity contribution is 5.96. The molecular weight excluding hydrogens is 457 g/mol. The van der Waals surface area contributed by atoms with E-state index in [-0.39, 0.29) is 5.78 Å². The molecule has 0 fully saturated rings. The molecule has 0 aromatic heterocycles. The second-order valence-corrected chi connectivity index (χ2v) is 9.63. The quantitative estimate of drug-likeness (QED) is 0.406. The lowest BCUT2D eigenvalue weighted by atomic mass is 9.75. The Labute approximate surface area is 203 Å². The minimum absolute atomic E-state index is 0.0393. The molecule has 1 N–H and O–H groups in total. The lowest BCUT2D eigenvalue weighted by Crippen LogP contribution is -2.38. The summed E-state index contributed by atoms with van der Waals surface area (Å²) in [6.45, 7) is 6.66. The molecule has 0 spiro atoms. The summed E-state index contributed by atoms with van der Waals surface area (Å²) in [5.41, 5.74) is 0.547. The summed E-state index contributed by atoms with van der Waals surface area (Å²) in [6, 6.07) is 10.2. The number of carboxylic acid groups (broad SMARTS) is 1. The maximum Gasteiger partial charge on any atom is 0.416 e. The number of allylic oxidation sites excluding steroid dienone is 4. The second-order valence-electron chi connectivity index (χ2n) is 9.63. The maximum atomic E-state index is 12.8. The number of rotatable bonds is 8. The first kappa shape index (κ1) is 26.3. The van der Waals surface area contributed by atoms with Crippen molar-refractivity contribution in [3.8, 4) is 5.75 Å². The molecule has 1 atom stereocenters. The predicted molar refractivity (Wildman–Crippen MR) is 128 cm³/mol. The lowest BCUT2D eigenvalue weighted by molar-refractivity contribution is -0.152.